The Morgan fingerprint density at radius 3 is 2.44 bits per heavy atom. The predicted octanol–water partition coefficient (Wildman–Crippen LogP) is 4.30. The first-order valence-corrected chi connectivity index (χ1v) is 8.82. The average molecular weight is 361 g/mol. The lowest BCUT2D eigenvalue weighted by Crippen LogP contribution is -2.29. The minimum absolute atomic E-state index is 0.204. The van der Waals surface area contributed by atoms with Gasteiger partial charge in [0.1, 0.15) is 6.33 Å². The molecule has 0 aliphatic heterocycles. The fraction of sp³-hybridized carbons (Fsp3) is 0.200. The van der Waals surface area contributed by atoms with Gasteiger partial charge in [0.05, 0.1) is 12.3 Å². The van der Waals surface area contributed by atoms with Crippen LogP contribution < -0.4 is 10.2 Å². The Morgan fingerprint density at radius 1 is 1.04 bits per heavy atom. The molecule has 3 aromatic rings. The van der Waals surface area contributed by atoms with Crippen molar-refractivity contribution in [3.05, 3.63) is 67.0 Å². The maximum absolute atomic E-state index is 12.7. The summed E-state index contributed by atoms with van der Waals surface area (Å²) in [5, 5.41) is 3.11. The zero-order chi connectivity index (χ0) is 18.5. The van der Waals surface area contributed by atoms with E-state index in [4.69, 9.17) is 4.74 Å². The maximum atomic E-state index is 12.7. The Labute approximate surface area is 157 Å². The summed E-state index contributed by atoms with van der Waals surface area (Å²) >= 11 is 0. The molecule has 7 heteroatoms. The molecule has 1 aliphatic carbocycles. The topological polar surface area (TPSA) is 80.2 Å². The first kappa shape index (κ1) is 17.0. The van der Waals surface area contributed by atoms with Crippen molar-refractivity contribution in [2.45, 2.75) is 12.8 Å². The first-order chi connectivity index (χ1) is 13.3. The Bertz CT molecular complexity index is 901. The quantitative estimate of drug-likeness (QED) is 0.705. The van der Waals surface area contributed by atoms with Crippen LogP contribution in [-0.4, -0.2) is 27.7 Å². The normalized spacial score (nSPS) is 13.0. The van der Waals surface area contributed by atoms with Gasteiger partial charge in [0, 0.05) is 5.69 Å². The van der Waals surface area contributed by atoms with Gasteiger partial charge in [0.25, 0.3) is 0 Å². The Balaban J connectivity index is 1.60. The molecule has 27 heavy (non-hydrogen) atoms. The van der Waals surface area contributed by atoms with E-state index in [0.29, 0.717) is 24.2 Å². The van der Waals surface area contributed by atoms with E-state index in [1.165, 1.54) is 11.2 Å². The van der Waals surface area contributed by atoms with Crippen molar-refractivity contribution in [2.75, 3.05) is 16.8 Å². The molecule has 0 saturated heterocycles. The van der Waals surface area contributed by atoms with Crippen LogP contribution in [0.2, 0.25) is 0 Å². The van der Waals surface area contributed by atoms with E-state index in [-0.39, 0.29) is 5.95 Å². The largest absolute Gasteiger partial charge is 0.449 e. The Hall–Kier alpha value is -3.48. The third-order valence-corrected chi connectivity index (χ3v) is 4.13. The molecular formula is C20H19N5O2. The summed E-state index contributed by atoms with van der Waals surface area (Å²) in [5.74, 6) is 1.03. The van der Waals surface area contributed by atoms with Crippen molar-refractivity contribution < 1.29 is 9.53 Å². The lowest BCUT2D eigenvalue weighted by atomic mass is 10.3. The van der Waals surface area contributed by atoms with Crippen molar-refractivity contribution in [2.24, 2.45) is 5.92 Å². The van der Waals surface area contributed by atoms with Crippen LogP contribution >= 0.6 is 0 Å². The van der Waals surface area contributed by atoms with Gasteiger partial charge in [-0.1, -0.05) is 36.4 Å². The minimum atomic E-state index is -0.495. The molecular weight excluding hydrogens is 342 g/mol. The van der Waals surface area contributed by atoms with E-state index >= 15 is 0 Å². The van der Waals surface area contributed by atoms with Crippen LogP contribution in [0, 0.1) is 5.92 Å². The summed E-state index contributed by atoms with van der Waals surface area (Å²) in [6.07, 6.45) is 3.09. The molecule has 0 atom stereocenters. The highest BCUT2D eigenvalue weighted by Gasteiger charge is 2.27. The van der Waals surface area contributed by atoms with Crippen LogP contribution in [0.3, 0.4) is 0 Å². The van der Waals surface area contributed by atoms with Crippen LogP contribution in [0.15, 0.2) is 67.0 Å². The van der Waals surface area contributed by atoms with Gasteiger partial charge >= 0.3 is 6.09 Å². The number of aromatic nitrogens is 3. The summed E-state index contributed by atoms with van der Waals surface area (Å²) in [6, 6.07) is 18.8. The fourth-order valence-electron chi connectivity index (χ4n) is 2.52. The van der Waals surface area contributed by atoms with Crippen LogP contribution in [0.1, 0.15) is 12.8 Å². The van der Waals surface area contributed by atoms with Crippen LogP contribution in [0.5, 0.6) is 0 Å². The standard InChI is InChI=1S/C20H19N5O2/c26-20(27-13-15-11-12-15)25(17-9-5-2-6-10-17)19-22-14-21-18(24-19)23-16-7-3-1-4-8-16/h1-10,14-15H,11-13H2,(H,21,22,23,24). The Kier molecular flexibility index (Phi) is 4.91. The van der Waals surface area contributed by atoms with E-state index in [2.05, 4.69) is 20.3 Å². The van der Waals surface area contributed by atoms with Gasteiger partial charge in [-0.2, -0.15) is 4.98 Å². The zero-order valence-electron chi connectivity index (χ0n) is 14.7. The third kappa shape index (κ3) is 4.38. The molecule has 1 aromatic heterocycles. The van der Waals surface area contributed by atoms with Gasteiger partial charge in [-0.25, -0.2) is 19.7 Å². The molecule has 0 radical (unpaired) electrons. The second-order valence-electron chi connectivity index (χ2n) is 6.29. The Morgan fingerprint density at radius 2 is 1.74 bits per heavy atom. The number of nitrogens with zero attached hydrogens (tertiary/aromatic N) is 4. The van der Waals surface area contributed by atoms with E-state index in [1.807, 2.05) is 60.7 Å². The SMILES string of the molecule is O=C(OCC1CC1)N(c1ccccc1)c1ncnc(Nc2ccccc2)n1. The highest BCUT2D eigenvalue weighted by Crippen LogP contribution is 2.30. The molecule has 1 N–H and O–H groups in total. The smallest absolute Gasteiger partial charge is 0.421 e. The van der Waals surface area contributed by atoms with Gasteiger partial charge in [-0.05, 0) is 43.0 Å². The zero-order valence-corrected chi connectivity index (χ0v) is 14.7. The number of hydrogen-bond donors (Lipinski definition) is 1. The summed E-state index contributed by atoms with van der Waals surface area (Å²) in [4.78, 5) is 26.8. The number of amides is 1. The molecule has 4 rings (SSSR count). The van der Waals surface area contributed by atoms with Gasteiger partial charge in [0.15, 0.2) is 0 Å². The highest BCUT2D eigenvalue weighted by atomic mass is 16.6. The van der Waals surface area contributed by atoms with Gasteiger partial charge in [-0.3, -0.25) is 0 Å². The maximum Gasteiger partial charge on any atom is 0.421 e. The average Bonchev–Trinajstić information content (AvgIpc) is 3.53. The summed E-state index contributed by atoms with van der Waals surface area (Å²) in [5.41, 5.74) is 1.48. The predicted molar refractivity (Wildman–Crippen MR) is 102 cm³/mol. The van der Waals surface area contributed by atoms with Crippen molar-refractivity contribution in [1.29, 1.82) is 0 Å². The molecule has 0 unspecified atom stereocenters. The summed E-state index contributed by atoms with van der Waals surface area (Å²) in [7, 11) is 0. The number of hydrogen-bond acceptors (Lipinski definition) is 6. The molecule has 1 saturated carbocycles. The number of carbonyl (C=O) groups excluding carboxylic acids is 1. The second kappa shape index (κ2) is 7.82. The molecule has 0 spiro atoms. The molecule has 2 aromatic carbocycles. The number of ether oxygens (including phenoxy) is 1. The third-order valence-electron chi connectivity index (χ3n) is 4.13. The van der Waals surface area contributed by atoms with Gasteiger partial charge in [0.2, 0.25) is 11.9 Å². The fourth-order valence-corrected chi connectivity index (χ4v) is 2.52. The van der Waals surface area contributed by atoms with E-state index in [1.54, 1.807) is 0 Å². The lowest BCUT2D eigenvalue weighted by molar-refractivity contribution is 0.151. The molecule has 1 fully saturated rings. The van der Waals surface area contributed by atoms with Gasteiger partial charge < -0.3 is 10.1 Å². The number of rotatable bonds is 6. The molecule has 1 heterocycles. The molecule has 7 nitrogen and oxygen atoms in total. The molecule has 0 bridgehead atoms. The number of anilines is 4. The van der Waals surface area contributed by atoms with Crippen LogP contribution in [0.25, 0.3) is 0 Å². The van der Waals surface area contributed by atoms with Crippen LogP contribution in [-0.2, 0) is 4.74 Å². The van der Waals surface area contributed by atoms with E-state index < -0.39 is 6.09 Å². The number of carbonyl (C=O) groups is 1. The van der Waals surface area contributed by atoms with Crippen LogP contribution in [0.4, 0.5) is 28.1 Å². The lowest BCUT2D eigenvalue weighted by Gasteiger charge is -2.20. The molecule has 1 aliphatic rings. The van der Waals surface area contributed by atoms with E-state index in [0.717, 1.165) is 18.5 Å². The monoisotopic (exact) mass is 361 g/mol. The van der Waals surface area contributed by atoms with Crippen molar-refractivity contribution in [3.8, 4) is 0 Å². The van der Waals surface area contributed by atoms with Crippen molar-refractivity contribution in [1.82, 2.24) is 15.0 Å². The minimum Gasteiger partial charge on any atom is -0.449 e. The number of para-hydroxylation sites is 2. The summed E-state index contributed by atoms with van der Waals surface area (Å²) in [6.45, 7) is 0.419. The summed E-state index contributed by atoms with van der Waals surface area (Å²) < 4.78 is 5.46. The molecule has 136 valence electrons. The molecule has 1 amide bonds. The van der Waals surface area contributed by atoms with Crippen molar-refractivity contribution >= 4 is 29.4 Å². The highest BCUT2D eigenvalue weighted by molar-refractivity contribution is 5.94. The van der Waals surface area contributed by atoms with E-state index in [9.17, 15) is 4.79 Å². The number of nitrogens with one attached hydrogen (secondary N) is 1. The second-order valence-corrected chi connectivity index (χ2v) is 6.29. The first-order valence-electron chi connectivity index (χ1n) is 8.82. The number of benzene rings is 2. The van der Waals surface area contributed by atoms with Gasteiger partial charge in [-0.15, -0.1) is 0 Å². The van der Waals surface area contributed by atoms with Crippen molar-refractivity contribution in [3.63, 3.8) is 0 Å².